The van der Waals surface area contributed by atoms with Crippen molar-refractivity contribution in [2.75, 3.05) is 17.2 Å². The average molecular weight is 548 g/mol. The number of carbonyl (C=O) groups is 3. The van der Waals surface area contributed by atoms with Crippen LogP contribution in [0.5, 0.6) is 11.5 Å². The van der Waals surface area contributed by atoms with Crippen LogP contribution < -0.4 is 15.4 Å². The van der Waals surface area contributed by atoms with Gasteiger partial charge in [0.1, 0.15) is 11.6 Å². The Bertz CT molecular complexity index is 1170. The van der Waals surface area contributed by atoms with Crippen LogP contribution in [0.4, 0.5) is 20.3 Å². The number of fused-ring (bicyclic) bond motifs is 1. The molecule has 1 saturated carbocycles. The lowest BCUT2D eigenvalue weighted by Crippen LogP contribution is -2.24. The molecular formula is C28H35F2N3O6. The van der Waals surface area contributed by atoms with Gasteiger partial charge in [-0.2, -0.15) is 4.39 Å². The maximum atomic E-state index is 14.5. The first-order valence-corrected chi connectivity index (χ1v) is 13.3. The van der Waals surface area contributed by atoms with Gasteiger partial charge in [0.2, 0.25) is 11.7 Å². The summed E-state index contributed by atoms with van der Waals surface area (Å²) >= 11 is 0. The smallest absolute Gasteiger partial charge is 0.321 e. The summed E-state index contributed by atoms with van der Waals surface area (Å²) in [4.78, 5) is 35.9. The Kier molecular flexibility index (Phi) is 10.6. The monoisotopic (exact) mass is 547 g/mol. The summed E-state index contributed by atoms with van der Waals surface area (Å²) < 4.78 is 34.5. The van der Waals surface area contributed by atoms with E-state index in [2.05, 4.69) is 22.5 Å². The van der Waals surface area contributed by atoms with Crippen molar-refractivity contribution in [3.8, 4) is 11.5 Å². The van der Waals surface area contributed by atoms with Gasteiger partial charge >= 0.3 is 11.9 Å². The molecule has 0 saturated heterocycles. The first-order valence-electron chi connectivity index (χ1n) is 13.3. The number of aliphatic carboxylic acids is 2. The Hall–Kier alpha value is -3.76. The molecule has 0 atom stereocenters. The van der Waals surface area contributed by atoms with E-state index in [9.17, 15) is 23.2 Å². The molecule has 2 aromatic rings. The Morgan fingerprint density at radius 3 is 2.21 bits per heavy atom. The fourth-order valence-corrected chi connectivity index (χ4v) is 4.18. The number of ether oxygens (including phenoxy) is 1. The molecule has 2 heterocycles. The standard InChI is InChI=1S/C23H29F2N3O2.C5H6O4/c1-2-3-4-5-6-7-8-9-13-26-17-10-11-19(22(25)21(17)24)30-18-12-14-27-23-16(18)15-20(29)28-23;6-3(7)5(1-2-5)4(8)9/h10-12,14,26H,2-9,13,15H2,1H3,(H,27,28,29);1-2H2,(H,6,7)(H,8,9). The highest BCUT2D eigenvalue weighted by molar-refractivity contribution is 6.01. The molecule has 1 aliphatic carbocycles. The number of anilines is 2. The van der Waals surface area contributed by atoms with Crippen molar-refractivity contribution in [2.45, 2.75) is 77.6 Å². The Labute approximate surface area is 226 Å². The summed E-state index contributed by atoms with van der Waals surface area (Å²) in [7, 11) is 0. The van der Waals surface area contributed by atoms with Gasteiger partial charge in [-0.3, -0.25) is 14.4 Å². The second kappa shape index (κ2) is 13.9. The van der Waals surface area contributed by atoms with Crippen LogP contribution in [-0.2, 0) is 20.8 Å². The van der Waals surface area contributed by atoms with Crippen LogP contribution in [0.2, 0.25) is 0 Å². The van der Waals surface area contributed by atoms with Gasteiger partial charge in [-0.05, 0) is 37.5 Å². The largest absolute Gasteiger partial charge is 0.480 e. The number of carboxylic acids is 2. The highest BCUT2D eigenvalue weighted by atomic mass is 19.2. The van der Waals surface area contributed by atoms with Crippen molar-refractivity contribution < 1.29 is 38.1 Å². The van der Waals surface area contributed by atoms with E-state index in [1.54, 1.807) is 0 Å². The van der Waals surface area contributed by atoms with Crippen LogP contribution in [-0.4, -0.2) is 39.6 Å². The van der Waals surface area contributed by atoms with E-state index in [1.807, 2.05) is 0 Å². The molecule has 2 aliphatic rings. The fraction of sp³-hybridized carbons (Fsp3) is 0.500. The molecular weight excluding hydrogens is 512 g/mol. The maximum Gasteiger partial charge on any atom is 0.321 e. The summed E-state index contributed by atoms with van der Waals surface area (Å²) in [5, 5.41) is 22.2. The molecule has 4 rings (SSSR count). The third kappa shape index (κ3) is 7.87. The lowest BCUT2D eigenvalue weighted by Gasteiger charge is -2.13. The lowest BCUT2D eigenvalue weighted by atomic mass is 10.1. The number of rotatable bonds is 14. The highest BCUT2D eigenvalue weighted by Gasteiger charge is 2.57. The van der Waals surface area contributed by atoms with Crippen LogP contribution in [0.3, 0.4) is 0 Å². The summed E-state index contributed by atoms with van der Waals surface area (Å²) in [6, 6.07) is 4.40. The minimum atomic E-state index is -1.42. The van der Waals surface area contributed by atoms with Gasteiger partial charge in [-0.15, -0.1) is 0 Å². The van der Waals surface area contributed by atoms with Crippen LogP contribution in [0.25, 0.3) is 0 Å². The predicted molar refractivity (Wildman–Crippen MR) is 141 cm³/mol. The first-order chi connectivity index (χ1) is 18.7. The zero-order valence-corrected chi connectivity index (χ0v) is 22.0. The normalized spacial score (nSPS) is 14.5. The molecule has 0 spiro atoms. The Morgan fingerprint density at radius 2 is 1.62 bits per heavy atom. The first kappa shape index (κ1) is 29.8. The van der Waals surface area contributed by atoms with Gasteiger partial charge in [-0.1, -0.05) is 51.9 Å². The fourth-order valence-electron chi connectivity index (χ4n) is 4.18. The van der Waals surface area contributed by atoms with Gasteiger partial charge in [0.05, 0.1) is 12.1 Å². The van der Waals surface area contributed by atoms with E-state index in [0.29, 0.717) is 17.9 Å². The molecule has 1 aromatic heterocycles. The molecule has 1 aliphatic heterocycles. The number of pyridine rings is 1. The number of hydrogen-bond donors (Lipinski definition) is 4. The second-order valence-corrected chi connectivity index (χ2v) is 9.80. The molecule has 0 bridgehead atoms. The van der Waals surface area contributed by atoms with E-state index in [0.717, 1.165) is 12.8 Å². The third-order valence-corrected chi connectivity index (χ3v) is 6.79. The van der Waals surface area contributed by atoms with E-state index in [-0.39, 0.29) is 42.4 Å². The number of unbranched alkanes of at least 4 members (excludes halogenated alkanes) is 7. The quantitative estimate of drug-likeness (QED) is 0.164. The maximum absolute atomic E-state index is 14.5. The molecule has 1 aromatic carbocycles. The van der Waals surface area contributed by atoms with Crippen LogP contribution in [0, 0.1) is 17.0 Å². The zero-order chi connectivity index (χ0) is 28.4. The number of halogens is 2. The third-order valence-electron chi connectivity index (χ3n) is 6.79. The molecule has 11 heteroatoms. The second-order valence-electron chi connectivity index (χ2n) is 9.80. The van der Waals surface area contributed by atoms with E-state index in [1.165, 1.54) is 62.9 Å². The summed E-state index contributed by atoms with van der Waals surface area (Å²) in [6.07, 6.45) is 11.6. The predicted octanol–water partition coefficient (Wildman–Crippen LogP) is 6.14. The van der Waals surface area contributed by atoms with Crippen molar-refractivity contribution in [1.29, 1.82) is 0 Å². The number of amides is 1. The Balaban J connectivity index is 0.000000395. The molecule has 0 radical (unpaired) electrons. The van der Waals surface area contributed by atoms with E-state index >= 15 is 0 Å². The lowest BCUT2D eigenvalue weighted by molar-refractivity contribution is -0.156. The minimum absolute atomic E-state index is 0.0981. The molecule has 212 valence electrons. The zero-order valence-electron chi connectivity index (χ0n) is 22.0. The molecule has 4 N–H and O–H groups in total. The number of aromatic nitrogens is 1. The molecule has 9 nitrogen and oxygen atoms in total. The van der Waals surface area contributed by atoms with Crippen LogP contribution in [0.15, 0.2) is 24.4 Å². The number of carbonyl (C=O) groups excluding carboxylic acids is 1. The number of benzene rings is 1. The molecule has 39 heavy (non-hydrogen) atoms. The van der Waals surface area contributed by atoms with Crippen molar-refractivity contribution >= 4 is 29.4 Å². The van der Waals surface area contributed by atoms with Crippen molar-refractivity contribution in [3.05, 3.63) is 41.6 Å². The van der Waals surface area contributed by atoms with E-state index < -0.39 is 29.0 Å². The number of nitrogens with one attached hydrogen (secondary N) is 2. The van der Waals surface area contributed by atoms with Gasteiger partial charge in [0.15, 0.2) is 17.0 Å². The molecule has 1 amide bonds. The number of hydrogen-bond acceptors (Lipinski definition) is 6. The minimum Gasteiger partial charge on any atom is -0.480 e. The van der Waals surface area contributed by atoms with Crippen molar-refractivity contribution in [3.63, 3.8) is 0 Å². The topological polar surface area (TPSA) is 138 Å². The molecule has 0 unspecified atom stereocenters. The summed E-state index contributed by atoms with van der Waals surface area (Å²) in [6.45, 7) is 2.80. The highest BCUT2D eigenvalue weighted by Crippen LogP contribution is 2.45. The Morgan fingerprint density at radius 1 is 0.974 bits per heavy atom. The summed E-state index contributed by atoms with van der Waals surface area (Å²) in [5.74, 6) is -4.20. The van der Waals surface area contributed by atoms with Gasteiger partial charge in [0, 0.05) is 18.3 Å². The number of carboxylic acid groups (broad SMARTS) is 2. The van der Waals surface area contributed by atoms with Gasteiger partial charge < -0.3 is 25.6 Å². The average Bonchev–Trinajstić information content (AvgIpc) is 3.64. The van der Waals surface area contributed by atoms with Crippen molar-refractivity contribution in [1.82, 2.24) is 4.98 Å². The van der Waals surface area contributed by atoms with Crippen molar-refractivity contribution in [2.24, 2.45) is 5.41 Å². The SMILES string of the molecule is CCCCCCCCCCNc1ccc(Oc2ccnc3c2CC(=O)N3)c(F)c1F.O=C(O)C1(C(=O)O)CC1. The van der Waals surface area contributed by atoms with Crippen LogP contribution >= 0.6 is 0 Å². The van der Waals surface area contributed by atoms with Crippen LogP contribution in [0.1, 0.15) is 76.7 Å². The van der Waals surface area contributed by atoms with E-state index in [4.69, 9.17) is 14.9 Å². The van der Waals surface area contributed by atoms with Gasteiger partial charge in [-0.25, -0.2) is 9.37 Å². The molecule has 1 fully saturated rings. The van der Waals surface area contributed by atoms with Gasteiger partial charge in [0.25, 0.3) is 0 Å². The summed E-state index contributed by atoms with van der Waals surface area (Å²) in [5.41, 5.74) is -0.751. The number of nitrogens with zero attached hydrogens (tertiary/aromatic N) is 1.